The van der Waals surface area contributed by atoms with E-state index in [-0.39, 0.29) is 17.2 Å². The topological polar surface area (TPSA) is 99.8 Å². The number of amides is 2. The number of Topliss-reactive ketones (excluding diaryl/α,β-unsaturated/α-hetero) is 1. The summed E-state index contributed by atoms with van der Waals surface area (Å²) in [5.41, 5.74) is 2.79. The van der Waals surface area contributed by atoms with Gasteiger partial charge in [0.25, 0.3) is 5.91 Å². The molecule has 3 aromatic rings. The summed E-state index contributed by atoms with van der Waals surface area (Å²) in [6, 6.07) is 16.4. The normalized spacial score (nSPS) is 15.9. The zero-order valence-electron chi connectivity index (χ0n) is 17.7. The van der Waals surface area contributed by atoms with E-state index in [0.29, 0.717) is 16.9 Å². The van der Waals surface area contributed by atoms with Gasteiger partial charge in [-0.2, -0.15) is 0 Å². The number of hydrogen-bond acceptors (Lipinski definition) is 5. The van der Waals surface area contributed by atoms with Crippen LogP contribution in [0.5, 0.6) is 0 Å². The highest BCUT2D eigenvalue weighted by Crippen LogP contribution is 2.42. The van der Waals surface area contributed by atoms with E-state index in [1.165, 1.54) is 24.2 Å². The summed E-state index contributed by atoms with van der Waals surface area (Å²) in [6.45, 7) is 3.44. The molecule has 1 unspecified atom stereocenters. The van der Waals surface area contributed by atoms with Crippen LogP contribution in [-0.2, 0) is 16.0 Å². The fourth-order valence-corrected chi connectivity index (χ4v) is 3.80. The van der Waals surface area contributed by atoms with E-state index >= 15 is 0 Å². The van der Waals surface area contributed by atoms with Gasteiger partial charge in [-0.05, 0) is 53.9 Å². The van der Waals surface area contributed by atoms with Crippen molar-refractivity contribution in [3.63, 3.8) is 0 Å². The van der Waals surface area contributed by atoms with Gasteiger partial charge in [0.1, 0.15) is 0 Å². The number of nitrogens with one attached hydrogen (secondary N) is 1. The van der Waals surface area contributed by atoms with Crippen LogP contribution >= 0.6 is 0 Å². The molecule has 7 nitrogen and oxygen atoms in total. The molecule has 2 N–H and O–H groups in total. The van der Waals surface area contributed by atoms with Crippen LogP contribution in [0.25, 0.3) is 0 Å². The second-order valence-corrected chi connectivity index (χ2v) is 7.47. The standard InChI is InChI=1S/C25H22N2O5/c1-3-16-6-8-17(9-7-16)22-21(23(29)20-5-4-14-32-20)24(30)25(31)27(22)19-12-10-18(11-13-19)26-15(2)28/h4-14,22,30H,3H2,1-2H3,(H,26,28). The number of benzene rings is 2. The molecule has 4 rings (SSSR count). The SMILES string of the molecule is CCc1ccc(C2C(C(=O)c3ccco3)=C(O)C(=O)N2c2ccc(NC(C)=O)cc2)cc1. The monoisotopic (exact) mass is 430 g/mol. The van der Waals surface area contributed by atoms with Gasteiger partial charge in [-0.3, -0.25) is 19.3 Å². The summed E-state index contributed by atoms with van der Waals surface area (Å²) in [7, 11) is 0. The van der Waals surface area contributed by atoms with E-state index in [1.807, 2.05) is 31.2 Å². The highest BCUT2D eigenvalue weighted by molar-refractivity contribution is 6.20. The second-order valence-electron chi connectivity index (χ2n) is 7.47. The molecule has 162 valence electrons. The van der Waals surface area contributed by atoms with Crippen molar-refractivity contribution in [1.29, 1.82) is 0 Å². The molecule has 0 radical (unpaired) electrons. The van der Waals surface area contributed by atoms with Crippen LogP contribution in [0, 0.1) is 0 Å². The first-order chi connectivity index (χ1) is 15.4. The largest absolute Gasteiger partial charge is 0.503 e. The summed E-state index contributed by atoms with van der Waals surface area (Å²) in [5.74, 6) is -2.02. The Hall–Kier alpha value is -4.13. The first kappa shape index (κ1) is 21.1. The average molecular weight is 430 g/mol. The summed E-state index contributed by atoms with van der Waals surface area (Å²) >= 11 is 0. The van der Waals surface area contributed by atoms with Crippen molar-refractivity contribution in [3.05, 3.63) is 95.1 Å². The van der Waals surface area contributed by atoms with Gasteiger partial charge in [0.15, 0.2) is 11.5 Å². The van der Waals surface area contributed by atoms with Crippen LogP contribution in [-0.4, -0.2) is 22.7 Å². The second kappa shape index (κ2) is 8.55. The number of furan rings is 1. The predicted molar refractivity (Wildman–Crippen MR) is 119 cm³/mol. The Morgan fingerprint density at radius 2 is 1.75 bits per heavy atom. The van der Waals surface area contributed by atoms with E-state index in [0.717, 1.165) is 12.0 Å². The predicted octanol–water partition coefficient (Wildman–Crippen LogP) is 4.58. The minimum atomic E-state index is -0.836. The molecule has 2 amide bonds. The van der Waals surface area contributed by atoms with Crippen molar-refractivity contribution < 1.29 is 23.9 Å². The minimum Gasteiger partial charge on any atom is -0.503 e. The average Bonchev–Trinajstić information content (AvgIpc) is 3.41. The fraction of sp³-hybridized carbons (Fsp3) is 0.160. The maximum Gasteiger partial charge on any atom is 0.294 e. The molecule has 0 saturated heterocycles. The molecule has 1 aliphatic heterocycles. The van der Waals surface area contributed by atoms with Crippen molar-refractivity contribution in [1.82, 2.24) is 0 Å². The van der Waals surface area contributed by atoms with Crippen LogP contribution < -0.4 is 10.2 Å². The summed E-state index contributed by atoms with van der Waals surface area (Å²) in [5, 5.41) is 13.4. The molecule has 1 aliphatic rings. The first-order valence-electron chi connectivity index (χ1n) is 10.2. The van der Waals surface area contributed by atoms with Gasteiger partial charge >= 0.3 is 0 Å². The van der Waals surface area contributed by atoms with Gasteiger partial charge in [-0.25, -0.2) is 0 Å². The molecule has 0 bridgehead atoms. The van der Waals surface area contributed by atoms with Crippen LogP contribution in [0.2, 0.25) is 0 Å². The zero-order chi connectivity index (χ0) is 22.8. The van der Waals surface area contributed by atoms with Gasteiger partial charge in [0.2, 0.25) is 11.7 Å². The number of ketones is 1. The lowest BCUT2D eigenvalue weighted by molar-refractivity contribution is -0.117. The molecule has 0 spiro atoms. The van der Waals surface area contributed by atoms with Crippen LogP contribution in [0.4, 0.5) is 11.4 Å². The number of aryl methyl sites for hydroxylation is 1. The summed E-state index contributed by atoms with van der Waals surface area (Å²) in [6.07, 6.45) is 2.21. The molecule has 2 heterocycles. The Balaban J connectivity index is 1.80. The van der Waals surface area contributed by atoms with Crippen molar-refractivity contribution in [2.24, 2.45) is 0 Å². The zero-order valence-corrected chi connectivity index (χ0v) is 17.7. The smallest absolute Gasteiger partial charge is 0.294 e. The third-order valence-corrected chi connectivity index (χ3v) is 5.37. The van der Waals surface area contributed by atoms with Crippen molar-refractivity contribution in [2.45, 2.75) is 26.3 Å². The minimum absolute atomic E-state index is 0.0392. The quantitative estimate of drug-likeness (QED) is 0.558. The number of aliphatic hydroxyl groups is 1. The number of aliphatic hydroxyl groups excluding tert-OH is 1. The lowest BCUT2D eigenvalue weighted by atomic mass is 9.94. The molecule has 2 aromatic carbocycles. The Kier molecular flexibility index (Phi) is 5.64. The number of carbonyl (C=O) groups excluding carboxylic acids is 3. The molecule has 0 fully saturated rings. The van der Waals surface area contributed by atoms with E-state index in [2.05, 4.69) is 5.32 Å². The van der Waals surface area contributed by atoms with E-state index < -0.39 is 23.5 Å². The maximum absolute atomic E-state index is 13.2. The van der Waals surface area contributed by atoms with Crippen LogP contribution in [0.3, 0.4) is 0 Å². The molecular formula is C25H22N2O5. The lowest BCUT2D eigenvalue weighted by Gasteiger charge is -2.27. The Labute approximate surface area is 185 Å². The van der Waals surface area contributed by atoms with Gasteiger partial charge in [-0.15, -0.1) is 0 Å². The lowest BCUT2D eigenvalue weighted by Crippen LogP contribution is -2.31. The number of anilines is 2. The molecule has 32 heavy (non-hydrogen) atoms. The highest BCUT2D eigenvalue weighted by atomic mass is 16.3. The van der Waals surface area contributed by atoms with Crippen molar-refractivity contribution in [3.8, 4) is 0 Å². The number of carbonyl (C=O) groups is 3. The highest BCUT2D eigenvalue weighted by Gasteiger charge is 2.45. The van der Waals surface area contributed by atoms with E-state index in [1.54, 1.807) is 30.3 Å². The fourth-order valence-electron chi connectivity index (χ4n) is 3.80. The first-order valence-corrected chi connectivity index (χ1v) is 10.2. The number of hydrogen-bond donors (Lipinski definition) is 2. The molecule has 1 atom stereocenters. The third-order valence-electron chi connectivity index (χ3n) is 5.37. The summed E-state index contributed by atoms with van der Waals surface area (Å²) < 4.78 is 5.24. The third kappa shape index (κ3) is 3.80. The molecule has 0 aliphatic carbocycles. The molecular weight excluding hydrogens is 408 g/mol. The van der Waals surface area contributed by atoms with Gasteiger partial charge < -0.3 is 14.8 Å². The van der Waals surface area contributed by atoms with Gasteiger partial charge in [-0.1, -0.05) is 31.2 Å². The van der Waals surface area contributed by atoms with Gasteiger partial charge in [0, 0.05) is 18.3 Å². The molecule has 1 aromatic heterocycles. The Morgan fingerprint density at radius 3 is 2.31 bits per heavy atom. The van der Waals surface area contributed by atoms with Crippen molar-refractivity contribution >= 4 is 29.0 Å². The molecule has 7 heteroatoms. The van der Waals surface area contributed by atoms with E-state index in [9.17, 15) is 19.5 Å². The maximum atomic E-state index is 13.2. The van der Waals surface area contributed by atoms with E-state index in [4.69, 9.17) is 4.42 Å². The van der Waals surface area contributed by atoms with Crippen LogP contribution in [0.1, 0.15) is 41.6 Å². The Bertz CT molecular complexity index is 1190. The Morgan fingerprint density at radius 1 is 1.06 bits per heavy atom. The van der Waals surface area contributed by atoms with Crippen molar-refractivity contribution in [2.75, 3.05) is 10.2 Å². The number of rotatable bonds is 6. The summed E-state index contributed by atoms with van der Waals surface area (Å²) in [4.78, 5) is 39.0. The molecule has 0 saturated carbocycles. The van der Waals surface area contributed by atoms with Crippen LogP contribution in [0.15, 0.2) is 82.7 Å². The number of nitrogens with zero attached hydrogens (tertiary/aromatic N) is 1. The van der Waals surface area contributed by atoms with Gasteiger partial charge in [0.05, 0.1) is 17.9 Å².